The first kappa shape index (κ1) is 14.8. The Morgan fingerprint density at radius 2 is 1.68 bits per heavy atom. The van der Waals surface area contributed by atoms with E-state index < -0.39 is 26.8 Å². The highest BCUT2D eigenvalue weighted by atomic mass is 32.3. The quantitative estimate of drug-likeness (QED) is 0.839. The molecule has 0 saturated carbocycles. The van der Waals surface area contributed by atoms with Crippen molar-refractivity contribution in [2.24, 2.45) is 0 Å². The second kappa shape index (κ2) is 5.41. The molecular formula is C12H18O5S2. The second-order valence-corrected chi connectivity index (χ2v) is 8.77. The van der Waals surface area contributed by atoms with E-state index in [9.17, 15) is 17.5 Å². The number of hydrogen-bond acceptors (Lipinski definition) is 5. The van der Waals surface area contributed by atoms with Gasteiger partial charge in [0.05, 0.1) is 11.0 Å². The topological polar surface area (TPSA) is 83.8 Å². The zero-order valence-electron chi connectivity index (χ0n) is 10.7. The molecule has 2 rings (SSSR count). The zero-order valence-corrected chi connectivity index (χ0v) is 12.3. The fourth-order valence-electron chi connectivity index (χ4n) is 1.92. The maximum absolute atomic E-state index is 12.0. The molecule has 1 aliphatic rings. The summed E-state index contributed by atoms with van der Waals surface area (Å²) < 4.78 is 48.2. The lowest BCUT2D eigenvalue weighted by molar-refractivity contribution is 0.194. The third-order valence-electron chi connectivity index (χ3n) is 3.11. The molecule has 2 N–H and O–H groups in total. The van der Waals surface area contributed by atoms with Gasteiger partial charge in [-0.3, -0.25) is 13.3 Å². The minimum absolute atomic E-state index is 0.135. The van der Waals surface area contributed by atoms with Crippen molar-refractivity contribution >= 4 is 20.7 Å². The van der Waals surface area contributed by atoms with Crippen LogP contribution in [0.25, 0.3) is 0 Å². The summed E-state index contributed by atoms with van der Waals surface area (Å²) in [6.07, 6.45) is 0.243. The first-order valence-corrected chi connectivity index (χ1v) is 9.31. The van der Waals surface area contributed by atoms with Crippen molar-refractivity contribution in [3.05, 3.63) is 29.8 Å². The molecular weight excluding hydrogens is 288 g/mol. The van der Waals surface area contributed by atoms with Crippen molar-refractivity contribution in [2.75, 3.05) is 11.5 Å². The van der Waals surface area contributed by atoms with Crippen LogP contribution in [-0.4, -0.2) is 35.1 Å². The van der Waals surface area contributed by atoms with Gasteiger partial charge in [0, 0.05) is 11.5 Å². The lowest BCUT2D eigenvalue weighted by Gasteiger charge is -2.38. The molecule has 1 fully saturated rings. The molecule has 1 aromatic carbocycles. The fourth-order valence-corrected chi connectivity index (χ4v) is 4.54. The number of aryl methyl sites for hydroxylation is 1. The van der Waals surface area contributed by atoms with E-state index in [1.54, 1.807) is 12.1 Å². The SMILES string of the molecule is Cc1ccc(S(=O)(=O)OC2CCS(O)(O)CC2)cc1. The average Bonchev–Trinajstić information content (AvgIpc) is 2.32. The Hall–Kier alpha value is -0.600. The molecule has 5 nitrogen and oxygen atoms in total. The highest BCUT2D eigenvalue weighted by Gasteiger charge is 2.29. The highest BCUT2D eigenvalue weighted by molar-refractivity contribution is 8.24. The van der Waals surface area contributed by atoms with E-state index in [2.05, 4.69) is 0 Å². The van der Waals surface area contributed by atoms with E-state index in [0.29, 0.717) is 12.8 Å². The zero-order chi connectivity index (χ0) is 14.1. The van der Waals surface area contributed by atoms with Crippen LogP contribution in [0.1, 0.15) is 18.4 Å². The Balaban J connectivity index is 2.04. The van der Waals surface area contributed by atoms with Crippen molar-refractivity contribution < 1.29 is 21.7 Å². The Kier molecular flexibility index (Phi) is 4.22. The van der Waals surface area contributed by atoms with Gasteiger partial charge in [-0.05, 0) is 31.9 Å². The van der Waals surface area contributed by atoms with Crippen molar-refractivity contribution in [1.82, 2.24) is 0 Å². The maximum Gasteiger partial charge on any atom is 0.297 e. The van der Waals surface area contributed by atoms with Crippen LogP contribution < -0.4 is 0 Å². The van der Waals surface area contributed by atoms with Gasteiger partial charge < -0.3 is 0 Å². The van der Waals surface area contributed by atoms with E-state index in [1.165, 1.54) is 12.1 Å². The molecule has 19 heavy (non-hydrogen) atoms. The molecule has 0 unspecified atom stereocenters. The predicted molar refractivity (Wildman–Crippen MR) is 75.1 cm³/mol. The Labute approximate surface area is 115 Å². The van der Waals surface area contributed by atoms with Gasteiger partial charge in [0.25, 0.3) is 10.1 Å². The Bertz CT molecular complexity index is 526. The van der Waals surface area contributed by atoms with Crippen LogP contribution in [-0.2, 0) is 14.3 Å². The highest BCUT2D eigenvalue weighted by Crippen LogP contribution is 2.44. The summed E-state index contributed by atoms with van der Waals surface area (Å²) in [4.78, 5) is 0.135. The van der Waals surface area contributed by atoms with Gasteiger partial charge >= 0.3 is 0 Å². The van der Waals surface area contributed by atoms with Crippen LogP contribution in [0.2, 0.25) is 0 Å². The largest absolute Gasteiger partial charge is 0.299 e. The molecule has 0 aromatic heterocycles. The lowest BCUT2D eigenvalue weighted by Crippen LogP contribution is -2.28. The van der Waals surface area contributed by atoms with E-state index in [0.717, 1.165) is 5.56 Å². The Morgan fingerprint density at radius 1 is 1.16 bits per heavy atom. The van der Waals surface area contributed by atoms with Crippen molar-refractivity contribution in [3.8, 4) is 0 Å². The van der Waals surface area contributed by atoms with Crippen LogP contribution in [0, 0.1) is 6.92 Å². The van der Waals surface area contributed by atoms with Gasteiger partial charge in [0.1, 0.15) is 0 Å². The smallest absolute Gasteiger partial charge is 0.297 e. The first-order valence-electron chi connectivity index (χ1n) is 6.02. The molecule has 7 heteroatoms. The summed E-state index contributed by atoms with van der Waals surface area (Å²) >= 11 is 0. The maximum atomic E-state index is 12.0. The molecule has 0 bridgehead atoms. The minimum Gasteiger partial charge on any atom is -0.299 e. The molecule has 0 radical (unpaired) electrons. The minimum atomic E-state index is -3.77. The van der Waals surface area contributed by atoms with Crippen LogP contribution in [0.3, 0.4) is 0 Å². The predicted octanol–water partition coefficient (Wildman–Crippen LogP) is 2.61. The molecule has 0 spiro atoms. The monoisotopic (exact) mass is 306 g/mol. The van der Waals surface area contributed by atoms with Crippen LogP contribution in [0.5, 0.6) is 0 Å². The van der Waals surface area contributed by atoms with Gasteiger partial charge in [-0.2, -0.15) is 19.0 Å². The Morgan fingerprint density at radius 3 is 2.21 bits per heavy atom. The van der Waals surface area contributed by atoms with Crippen LogP contribution >= 0.6 is 10.6 Å². The van der Waals surface area contributed by atoms with Gasteiger partial charge in [-0.15, -0.1) is 0 Å². The van der Waals surface area contributed by atoms with Gasteiger partial charge in [0.2, 0.25) is 0 Å². The molecule has 1 aromatic rings. The fraction of sp³-hybridized carbons (Fsp3) is 0.500. The summed E-state index contributed by atoms with van der Waals surface area (Å²) in [6, 6.07) is 6.46. The summed E-state index contributed by atoms with van der Waals surface area (Å²) in [6.45, 7) is 1.88. The average molecular weight is 306 g/mol. The molecule has 1 saturated heterocycles. The van der Waals surface area contributed by atoms with Crippen LogP contribution in [0.4, 0.5) is 0 Å². The van der Waals surface area contributed by atoms with E-state index >= 15 is 0 Å². The van der Waals surface area contributed by atoms with E-state index in [4.69, 9.17) is 4.18 Å². The second-order valence-electron chi connectivity index (χ2n) is 4.77. The van der Waals surface area contributed by atoms with Gasteiger partial charge in [-0.25, -0.2) is 0 Å². The third-order valence-corrected chi connectivity index (χ3v) is 6.26. The van der Waals surface area contributed by atoms with E-state index in [1.807, 2.05) is 6.92 Å². The van der Waals surface area contributed by atoms with Gasteiger partial charge in [-0.1, -0.05) is 17.7 Å². The van der Waals surface area contributed by atoms with Crippen molar-refractivity contribution in [3.63, 3.8) is 0 Å². The molecule has 0 amide bonds. The molecule has 1 heterocycles. The van der Waals surface area contributed by atoms with Crippen LogP contribution in [0.15, 0.2) is 29.2 Å². The van der Waals surface area contributed by atoms with Gasteiger partial charge in [0.15, 0.2) is 0 Å². The number of benzene rings is 1. The third kappa shape index (κ3) is 3.93. The summed E-state index contributed by atoms with van der Waals surface area (Å²) in [5, 5.41) is 0. The number of rotatable bonds is 3. The van der Waals surface area contributed by atoms with Crippen molar-refractivity contribution in [1.29, 1.82) is 0 Å². The normalized spacial score (nSPS) is 22.1. The summed E-state index contributed by atoms with van der Waals surface area (Å²) in [5.41, 5.74) is 0.977. The summed E-state index contributed by atoms with van der Waals surface area (Å²) in [5.74, 6) is 0.419. The summed E-state index contributed by atoms with van der Waals surface area (Å²) in [7, 11) is -6.28. The molecule has 1 aliphatic heterocycles. The lowest BCUT2D eigenvalue weighted by atomic mass is 10.2. The van der Waals surface area contributed by atoms with E-state index in [-0.39, 0.29) is 16.4 Å². The molecule has 0 aliphatic carbocycles. The first-order chi connectivity index (χ1) is 8.78. The van der Waals surface area contributed by atoms with Crippen molar-refractivity contribution in [2.45, 2.75) is 30.8 Å². The molecule has 108 valence electrons. The molecule has 0 atom stereocenters. The number of hydrogen-bond donors (Lipinski definition) is 2. The standard InChI is InChI=1S/C12H18O5S2/c1-10-2-4-12(5-3-10)19(15,16)17-11-6-8-18(13,14)9-7-11/h2-5,11,13-14H,6-9H2,1H3.